The van der Waals surface area contributed by atoms with Crippen molar-refractivity contribution in [3.05, 3.63) is 15.8 Å². The van der Waals surface area contributed by atoms with Crippen LogP contribution < -0.4 is 10.5 Å². The van der Waals surface area contributed by atoms with E-state index in [1.54, 1.807) is 13.0 Å². The lowest BCUT2D eigenvalue weighted by Crippen LogP contribution is -2.32. The van der Waals surface area contributed by atoms with Gasteiger partial charge in [-0.05, 0) is 26.3 Å². The van der Waals surface area contributed by atoms with Gasteiger partial charge < -0.3 is 5.73 Å². The fraction of sp³-hybridized carbons (Fsp3) is 0.600. The molecule has 0 saturated heterocycles. The number of sulfonamides is 1. The molecule has 0 radical (unpaired) electrons. The predicted octanol–water partition coefficient (Wildman–Crippen LogP) is 1.59. The summed E-state index contributed by atoms with van der Waals surface area (Å²) >= 11 is 1.43. The Morgan fingerprint density at radius 1 is 1.56 bits per heavy atom. The van der Waals surface area contributed by atoms with Crippen LogP contribution in [0.3, 0.4) is 0 Å². The first-order valence-corrected chi connectivity index (χ1v) is 7.52. The molecule has 1 rings (SSSR count). The maximum absolute atomic E-state index is 12.0. The zero-order chi connectivity index (χ0) is 12.3. The molecule has 1 aromatic rings. The minimum atomic E-state index is -3.39. The van der Waals surface area contributed by atoms with Crippen molar-refractivity contribution in [2.75, 3.05) is 0 Å². The SMILES string of the molecule is CCC(C)NS(=O)(=O)c1cc(CN)sc1C. The van der Waals surface area contributed by atoms with Crippen LogP contribution in [0.4, 0.5) is 0 Å². The third kappa shape index (κ3) is 3.04. The minimum Gasteiger partial charge on any atom is -0.326 e. The molecule has 92 valence electrons. The quantitative estimate of drug-likeness (QED) is 0.846. The van der Waals surface area contributed by atoms with Crippen LogP contribution in [0.2, 0.25) is 0 Å². The van der Waals surface area contributed by atoms with Crippen molar-refractivity contribution in [3.8, 4) is 0 Å². The largest absolute Gasteiger partial charge is 0.326 e. The van der Waals surface area contributed by atoms with E-state index in [-0.39, 0.29) is 6.04 Å². The van der Waals surface area contributed by atoms with Crippen LogP contribution in [0.5, 0.6) is 0 Å². The van der Waals surface area contributed by atoms with Crippen molar-refractivity contribution in [3.63, 3.8) is 0 Å². The van der Waals surface area contributed by atoms with Crippen LogP contribution in [0.15, 0.2) is 11.0 Å². The Bertz CT molecular complexity index is 451. The summed E-state index contributed by atoms with van der Waals surface area (Å²) in [5.74, 6) is 0. The van der Waals surface area contributed by atoms with E-state index in [9.17, 15) is 8.42 Å². The Morgan fingerprint density at radius 3 is 2.62 bits per heavy atom. The normalized spacial score (nSPS) is 14.0. The zero-order valence-electron chi connectivity index (χ0n) is 9.78. The Hall–Kier alpha value is -0.430. The molecule has 0 aliphatic rings. The van der Waals surface area contributed by atoms with Crippen LogP contribution >= 0.6 is 11.3 Å². The summed E-state index contributed by atoms with van der Waals surface area (Å²) in [6.07, 6.45) is 0.770. The Kier molecular flexibility index (Phi) is 4.49. The fourth-order valence-corrected chi connectivity index (χ4v) is 4.14. The van der Waals surface area contributed by atoms with Gasteiger partial charge in [0, 0.05) is 22.3 Å². The van der Waals surface area contributed by atoms with E-state index in [0.717, 1.165) is 16.2 Å². The van der Waals surface area contributed by atoms with Crippen molar-refractivity contribution in [2.45, 2.75) is 44.7 Å². The molecular formula is C10H18N2O2S2. The summed E-state index contributed by atoms with van der Waals surface area (Å²) in [5.41, 5.74) is 5.50. The lowest BCUT2D eigenvalue weighted by atomic mass is 10.3. The molecule has 6 heteroatoms. The number of hydrogen-bond acceptors (Lipinski definition) is 4. The maximum Gasteiger partial charge on any atom is 0.241 e. The molecule has 0 fully saturated rings. The summed E-state index contributed by atoms with van der Waals surface area (Å²) < 4.78 is 26.7. The topological polar surface area (TPSA) is 72.2 Å². The summed E-state index contributed by atoms with van der Waals surface area (Å²) in [6.45, 7) is 5.97. The number of aryl methyl sites for hydroxylation is 1. The highest BCUT2D eigenvalue weighted by molar-refractivity contribution is 7.89. The zero-order valence-corrected chi connectivity index (χ0v) is 11.4. The average molecular weight is 262 g/mol. The van der Waals surface area contributed by atoms with Crippen LogP contribution in [-0.4, -0.2) is 14.5 Å². The summed E-state index contributed by atoms with van der Waals surface area (Å²) in [7, 11) is -3.39. The third-order valence-corrected chi connectivity index (χ3v) is 5.30. The van der Waals surface area contributed by atoms with Gasteiger partial charge in [0.25, 0.3) is 0 Å². The third-order valence-electron chi connectivity index (χ3n) is 2.38. The molecule has 1 heterocycles. The molecule has 1 aromatic heterocycles. The van der Waals surface area contributed by atoms with Crippen LogP contribution in [0, 0.1) is 6.92 Å². The number of nitrogens with two attached hydrogens (primary N) is 1. The van der Waals surface area contributed by atoms with Crippen molar-refractivity contribution >= 4 is 21.4 Å². The molecule has 0 spiro atoms. The first kappa shape index (κ1) is 13.6. The van der Waals surface area contributed by atoms with Crippen molar-refractivity contribution < 1.29 is 8.42 Å². The molecule has 16 heavy (non-hydrogen) atoms. The molecule has 1 unspecified atom stereocenters. The lowest BCUT2D eigenvalue weighted by Gasteiger charge is -2.11. The van der Waals surface area contributed by atoms with Crippen molar-refractivity contribution in [2.24, 2.45) is 5.73 Å². The standard InChI is InChI=1S/C10H18N2O2S2/c1-4-7(2)12-16(13,14)10-5-9(6-11)15-8(10)3/h5,7,12H,4,6,11H2,1-3H3. The molecule has 0 aliphatic carbocycles. The lowest BCUT2D eigenvalue weighted by molar-refractivity contribution is 0.555. The number of hydrogen-bond donors (Lipinski definition) is 2. The van der Waals surface area contributed by atoms with Gasteiger partial charge >= 0.3 is 0 Å². The van der Waals surface area contributed by atoms with Crippen LogP contribution in [0.1, 0.15) is 30.0 Å². The first-order chi connectivity index (χ1) is 7.40. The van der Waals surface area contributed by atoms with Crippen molar-refractivity contribution in [1.82, 2.24) is 4.72 Å². The molecule has 0 amide bonds. The van der Waals surface area contributed by atoms with Gasteiger partial charge in [-0.2, -0.15) is 0 Å². The second kappa shape index (κ2) is 5.27. The summed E-state index contributed by atoms with van der Waals surface area (Å²) in [4.78, 5) is 2.04. The van der Waals surface area contributed by atoms with E-state index in [4.69, 9.17) is 5.73 Å². The van der Waals surface area contributed by atoms with E-state index < -0.39 is 10.0 Å². The van der Waals surface area contributed by atoms with Crippen LogP contribution in [-0.2, 0) is 16.6 Å². The van der Waals surface area contributed by atoms with E-state index in [1.807, 2.05) is 13.8 Å². The molecule has 4 nitrogen and oxygen atoms in total. The average Bonchev–Trinajstić information content (AvgIpc) is 2.59. The second-order valence-electron chi connectivity index (χ2n) is 3.77. The van der Waals surface area contributed by atoms with Gasteiger partial charge in [0.1, 0.15) is 0 Å². The predicted molar refractivity (Wildman–Crippen MR) is 67.0 cm³/mol. The number of nitrogens with one attached hydrogen (secondary N) is 1. The van der Waals surface area contributed by atoms with Crippen LogP contribution in [0.25, 0.3) is 0 Å². The van der Waals surface area contributed by atoms with Gasteiger partial charge in [-0.1, -0.05) is 6.92 Å². The molecule has 3 N–H and O–H groups in total. The highest BCUT2D eigenvalue weighted by atomic mass is 32.2. The van der Waals surface area contributed by atoms with E-state index >= 15 is 0 Å². The van der Waals surface area contributed by atoms with Gasteiger partial charge in [-0.15, -0.1) is 11.3 Å². The fourth-order valence-electron chi connectivity index (χ4n) is 1.30. The molecule has 1 atom stereocenters. The highest BCUT2D eigenvalue weighted by Gasteiger charge is 2.20. The van der Waals surface area contributed by atoms with E-state index in [2.05, 4.69) is 4.72 Å². The molecule has 0 bridgehead atoms. The molecular weight excluding hydrogens is 244 g/mol. The minimum absolute atomic E-state index is 0.0503. The molecule has 0 saturated carbocycles. The van der Waals surface area contributed by atoms with E-state index in [0.29, 0.717) is 11.4 Å². The summed E-state index contributed by atoms with van der Waals surface area (Å²) in [5, 5.41) is 0. The maximum atomic E-state index is 12.0. The number of thiophene rings is 1. The van der Waals surface area contributed by atoms with Gasteiger partial charge in [0.15, 0.2) is 0 Å². The van der Waals surface area contributed by atoms with Crippen molar-refractivity contribution in [1.29, 1.82) is 0 Å². The monoisotopic (exact) mass is 262 g/mol. The van der Waals surface area contributed by atoms with Gasteiger partial charge in [-0.25, -0.2) is 13.1 Å². The Labute approximate surface area is 101 Å². The highest BCUT2D eigenvalue weighted by Crippen LogP contribution is 2.25. The number of rotatable bonds is 5. The Morgan fingerprint density at radius 2 is 2.19 bits per heavy atom. The smallest absolute Gasteiger partial charge is 0.241 e. The molecule has 0 aromatic carbocycles. The second-order valence-corrected chi connectivity index (χ2v) is 6.79. The van der Waals surface area contributed by atoms with E-state index in [1.165, 1.54) is 11.3 Å². The van der Waals surface area contributed by atoms with Gasteiger partial charge in [-0.3, -0.25) is 0 Å². The summed E-state index contributed by atoms with van der Waals surface area (Å²) in [6, 6.07) is 1.61. The van der Waals surface area contributed by atoms with Gasteiger partial charge in [0.2, 0.25) is 10.0 Å². The molecule has 0 aliphatic heterocycles. The Balaban J connectivity index is 3.02. The first-order valence-electron chi connectivity index (χ1n) is 5.22. The van der Waals surface area contributed by atoms with Gasteiger partial charge in [0.05, 0.1) is 4.90 Å².